The van der Waals surface area contributed by atoms with E-state index in [0.717, 1.165) is 23.0 Å². The number of nitrogens with zero attached hydrogens (tertiary/aromatic N) is 3. The number of carbonyl (C=O) groups is 1. The van der Waals surface area contributed by atoms with E-state index in [1.165, 1.54) is 0 Å². The molecule has 6 heteroatoms. The van der Waals surface area contributed by atoms with Crippen molar-refractivity contribution in [2.24, 2.45) is 16.8 Å². The van der Waals surface area contributed by atoms with Gasteiger partial charge in [-0.15, -0.1) is 0 Å². The predicted octanol–water partition coefficient (Wildman–Crippen LogP) is 1.45. The Morgan fingerprint density at radius 2 is 2.10 bits per heavy atom. The zero-order valence-electron chi connectivity index (χ0n) is 12.2. The molecule has 0 bridgehead atoms. The quantitative estimate of drug-likeness (QED) is 0.642. The van der Waals surface area contributed by atoms with Crippen LogP contribution in [0, 0.1) is 5.92 Å². The summed E-state index contributed by atoms with van der Waals surface area (Å²) in [7, 11) is 0. The van der Waals surface area contributed by atoms with Crippen LogP contribution in [0.25, 0.3) is 11.0 Å². The third-order valence-corrected chi connectivity index (χ3v) is 3.44. The summed E-state index contributed by atoms with van der Waals surface area (Å²) in [6, 6.07) is 5.03. The van der Waals surface area contributed by atoms with E-state index >= 15 is 0 Å². The van der Waals surface area contributed by atoms with E-state index in [0.29, 0.717) is 0 Å². The monoisotopic (exact) mass is 285 g/mol. The molecule has 3 N–H and O–H groups in total. The van der Waals surface area contributed by atoms with Crippen molar-refractivity contribution >= 4 is 23.2 Å². The maximum absolute atomic E-state index is 11.8. The van der Waals surface area contributed by atoms with Gasteiger partial charge < -0.3 is 5.73 Å². The van der Waals surface area contributed by atoms with Crippen molar-refractivity contribution in [1.29, 1.82) is 0 Å². The van der Waals surface area contributed by atoms with Gasteiger partial charge in [0.05, 0.1) is 23.3 Å². The normalized spacial score (nSPS) is 14.2. The number of nitrogens with one attached hydrogen (secondary N) is 1. The van der Waals surface area contributed by atoms with Crippen LogP contribution in [0.4, 0.5) is 0 Å². The van der Waals surface area contributed by atoms with Gasteiger partial charge in [0, 0.05) is 12.4 Å². The van der Waals surface area contributed by atoms with Crippen LogP contribution >= 0.6 is 0 Å². The van der Waals surface area contributed by atoms with Crippen molar-refractivity contribution in [3.8, 4) is 0 Å². The fourth-order valence-electron chi connectivity index (χ4n) is 1.82. The molecule has 1 unspecified atom stereocenters. The van der Waals surface area contributed by atoms with Crippen molar-refractivity contribution < 1.29 is 4.79 Å². The van der Waals surface area contributed by atoms with Crippen LogP contribution in [0.5, 0.6) is 0 Å². The summed E-state index contributed by atoms with van der Waals surface area (Å²) in [5, 5.41) is 3.93. The van der Waals surface area contributed by atoms with Gasteiger partial charge in [-0.25, -0.2) is 5.43 Å². The molecule has 0 aliphatic rings. The van der Waals surface area contributed by atoms with Gasteiger partial charge in [0.2, 0.25) is 0 Å². The minimum atomic E-state index is -0.547. The third-order valence-electron chi connectivity index (χ3n) is 3.44. The van der Waals surface area contributed by atoms with Crippen LogP contribution in [0.1, 0.15) is 25.8 Å². The van der Waals surface area contributed by atoms with Crippen LogP contribution in [0.15, 0.2) is 35.7 Å². The zero-order valence-corrected chi connectivity index (χ0v) is 12.2. The Labute approximate surface area is 123 Å². The van der Waals surface area contributed by atoms with Gasteiger partial charge in [0.1, 0.15) is 0 Å². The molecule has 0 aliphatic heterocycles. The van der Waals surface area contributed by atoms with Crippen molar-refractivity contribution in [1.82, 2.24) is 15.4 Å². The molecule has 21 heavy (non-hydrogen) atoms. The minimum absolute atomic E-state index is 0.121. The van der Waals surface area contributed by atoms with Crippen LogP contribution in [0.3, 0.4) is 0 Å². The molecular formula is C15H19N5O. The van der Waals surface area contributed by atoms with Crippen molar-refractivity contribution in [3.63, 3.8) is 0 Å². The van der Waals surface area contributed by atoms with Gasteiger partial charge in [-0.1, -0.05) is 26.3 Å². The van der Waals surface area contributed by atoms with E-state index in [2.05, 4.69) is 20.5 Å². The van der Waals surface area contributed by atoms with Gasteiger partial charge in [0.15, 0.2) is 0 Å². The van der Waals surface area contributed by atoms with Gasteiger partial charge in [-0.05, 0) is 23.6 Å². The first-order chi connectivity index (χ1) is 10.1. The second-order valence-electron chi connectivity index (χ2n) is 4.95. The highest BCUT2D eigenvalue weighted by atomic mass is 16.2. The van der Waals surface area contributed by atoms with E-state index in [1.54, 1.807) is 18.6 Å². The predicted molar refractivity (Wildman–Crippen MR) is 82.7 cm³/mol. The molecule has 0 fully saturated rings. The van der Waals surface area contributed by atoms with Gasteiger partial charge in [0.25, 0.3) is 5.91 Å². The molecule has 6 nitrogen and oxygen atoms in total. The molecule has 1 heterocycles. The van der Waals surface area contributed by atoms with Gasteiger partial charge in [-0.3, -0.25) is 14.8 Å². The summed E-state index contributed by atoms with van der Waals surface area (Å²) in [5.41, 5.74) is 10.7. The Balaban J connectivity index is 2.01. The lowest BCUT2D eigenvalue weighted by Gasteiger charge is -2.15. The molecule has 2 rings (SSSR count). The molecule has 0 spiro atoms. The lowest BCUT2D eigenvalue weighted by molar-refractivity contribution is -0.123. The second kappa shape index (κ2) is 6.90. The molecule has 1 amide bonds. The number of hydrogen-bond acceptors (Lipinski definition) is 5. The number of hydrogen-bond donors (Lipinski definition) is 2. The van der Waals surface area contributed by atoms with Crippen molar-refractivity contribution in [2.75, 3.05) is 0 Å². The largest absolute Gasteiger partial charge is 0.320 e. The van der Waals surface area contributed by atoms with E-state index in [4.69, 9.17) is 5.73 Å². The summed E-state index contributed by atoms with van der Waals surface area (Å²) < 4.78 is 0. The Hall–Kier alpha value is -2.34. The fourth-order valence-corrected chi connectivity index (χ4v) is 1.82. The third kappa shape index (κ3) is 3.82. The summed E-state index contributed by atoms with van der Waals surface area (Å²) >= 11 is 0. The number of fused-ring (bicyclic) bond motifs is 1. The van der Waals surface area contributed by atoms with E-state index < -0.39 is 6.04 Å². The highest BCUT2D eigenvalue weighted by molar-refractivity contribution is 5.88. The summed E-state index contributed by atoms with van der Waals surface area (Å²) in [6.07, 6.45) is 5.69. The Morgan fingerprint density at radius 1 is 1.38 bits per heavy atom. The zero-order chi connectivity index (χ0) is 15.2. The minimum Gasteiger partial charge on any atom is -0.320 e. The molecule has 110 valence electrons. The highest BCUT2D eigenvalue weighted by Crippen LogP contribution is 2.09. The average molecular weight is 285 g/mol. The molecular weight excluding hydrogens is 266 g/mol. The first-order valence-electron chi connectivity index (χ1n) is 6.91. The first-order valence-corrected chi connectivity index (χ1v) is 6.91. The van der Waals surface area contributed by atoms with E-state index in [9.17, 15) is 4.79 Å². The topological polar surface area (TPSA) is 93.3 Å². The maximum Gasteiger partial charge on any atom is 0.257 e. The van der Waals surface area contributed by atoms with Crippen LogP contribution < -0.4 is 11.2 Å². The number of rotatable bonds is 5. The molecule has 0 saturated carbocycles. The number of hydrazone groups is 1. The highest BCUT2D eigenvalue weighted by Gasteiger charge is 2.18. The van der Waals surface area contributed by atoms with Crippen molar-refractivity contribution in [2.45, 2.75) is 26.3 Å². The second-order valence-corrected chi connectivity index (χ2v) is 4.95. The van der Waals surface area contributed by atoms with E-state index in [1.807, 2.05) is 32.0 Å². The smallest absolute Gasteiger partial charge is 0.257 e. The molecule has 2 aromatic rings. The Bertz CT molecular complexity index is 655. The molecule has 1 aromatic carbocycles. The summed E-state index contributed by atoms with van der Waals surface area (Å²) in [4.78, 5) is 20.2. The number of amides is 1. The Kier molecular flexibility index (Phi) is 4.94. The molecule has 1 aromatic heterocycles. The van der Waals surface area contributed by atoms with Crippen molar-refractivity contribution in [3.05, 3.63) is 36.2 Å². The number of aromatic nitrogens is 2. The summed E-state index contributed by atoms with van der Waals surface area (Å²) in [5.74, 6) is -0.155. The van der Waals surface area contributed by atoms with Crippen LogP contribution in [-0.4, -0.2) is 28.1 Å². The lowest BCUT2D eigenvalue weighted by atomic mass is 10.00. The van der Waals surface area contributed by atoms with E-state index in [-0.39, 0.29) is 11.8 Å². The van der Waals surface area contributed by atoms with Gasteiger partial charge >= 0.3 is 0 Å². The number of benzene rings is 1. The van der Waals surface area contributed by atoms with Crippen LogP contribution in [0.2, 0.25) is 0 Å². The first kappa shape index (κ1) is 15.1. The summed E-state index contributed by atoms with van der Waals surface area (Å²) in [6.45, 7) is 3.94. The molecule has 0 aliphatic carbocycles. The van der Waals surface area contributed by atoms with Gasteiger partial charge in [-0.2, -0.15) is 5.10 Å². The standard InChI is InChI=1S/C15H19N5O/c1-3-10(2)14(16)15(21)20-19-9-11-4-5-12-13(8-11)18-7-6-17-12/h4-10,14H,3,16H2,1-2H3,(H,20,21)/b19-9+/t10?,14-/m1/s1. The maximum atomic E-state index is 11.8. The molecule has 2 atom stereocenters. The average Bonchev–Trinajstić information content (AvgIpc) is 2.53. The van der Waals surface area contributed by atoms with Crippen LogP contribution in [-0.2, 0) is 4.79 Å². The molecule has 0 saturated heterocycles. The lowest BCUT2D eigenvalue weighted by Crippen LogP contribution is -2.42. The number of nitrogens with two attached hydrogens (primary N) is 1. The molecule has 0 radical (unpaired) electrons. The number of carbonyl (C=O) groups excluding carboxylic acids is 1. The SMILES string of the molecule is CCC(C)[C@@H](N)C(=O)N/N=C/c1ccc2nccnc2c1. The fraction of sp³-hybridized carbons (Fsp3) is 0.333. The Morgan fingerprint density at radius 3 is 2.81 bits per heavy atom.